The summed E-state index contributed by atoms with van der Waals surface area (Å²) in [6.45, 7) is 7.40. The van der Waals surface area contributed by atoms with E-state index in [1.165, 1.54) is 6.07 Å². The molecule has 0 saturated carbocycles. The lowest BCUT2D eigenvalue weighted by Gasteiger charge is -2.31. The first-order chi connectivity index (χ1) is 30.0. The topological polar surface area (TPSA) is 156 Å². The first kappa shape index (κ1) is 43.3. The summed E-state index contributed by atoms with van der Waals surface area (Å²) in [4.78, 5) is 57.8. The molecule has 320 valence electrons. The number of likely N-dealkylation sites (tertiary alicyclic amines) is 1. The van der Waals surface area contributed by atoms with E-state index >= 15 is 0 Å². The molecule has 0 unspecified atom stereocenters. The van der Waals surface area contributed by atoms with Crippen LogP contribution in [0.3, 0.4) is 0 Å². The number of piperidine rings is 1. The Morgan fingerprint density at radius 2 is 1.60 bits per heavy atom. The van der Waals surface area contributed by atoms with Crippen molar-refractivity contribution in [3.05, 3.63) is 153 Å². The number of phenols is 1. The SMILES string of the molecule is Cc1cc(NC(=O)Cc2cccc(N(C)C(=O)CCN3CCC(OC(=O)Nc4ccccc4-c4ccccc4)CC3)c2)c(C)cc1CNCCc1ccc(O)c2[nH]c(=O)ccc12. The molecular weight excluding hydrogens is 781 g/mol. The number of aromatic hydroxyl groups is 1. The van der Waals surface area contributed by atoms with Gasteiger partial charge >= 0.3 is 6.09 Å². The monoisotopic (exact) mass is 834 g/mol. The maximum absolute atomic E-state index is 13.3. The van der Waals surface area contributed by atoms with Crippen LogP contribution in [0.5, 0.6) is 5.75 Å². The van der Waals surface area contributed by atoms with Gasteiger partial charge in [0.2, 0.25) is 17.4 Å². The molecule has 1 aromatic heterocycles. The minimum absolute atomic E-state index is 0.0199. The smallest absolute Gasteiger partial charge is 0.411 e. The standard InChI is InChI=1S/C50H54N6O6/c1-33-29-44(34(2)28-38(33)32-51-24-20-37-16-18-45(57)49-42(37)17-19-46(58)54-49)52-47(59)31-35-10-9-13-39(30-35)55(3)48(60)23-27-56-25-21-40(22-26-56)62-50(61)53-43-15-8-7-14-41(43)36-11-5-4-6-12-36/h4-19,28-30,40,51,57H,20-27,31-32H2,1-3H3,(H,52,59)(H,53,61)(H,54,58). The molecule has 12 heteroatoms. The number of phenolic OH excluding ortho intramolecular Hbond substituents is 1. The summed E-state index contributed by atoms with van der Waals surface area (Å²) < 4.78 is 5.79. The summed E-state index contributed by atoms with van der Waals surface area (Å²) in [6.07, 6.45) is 1.93. The molecule has 0 bridgehead atoms. The van der Waals surface area contributed by atoms with Crippen molar-refractivity contribution in [3.8, 4) is 16.9 Å². The van der Waals surface area contributed by atoms with E-state index in [9.17, 15) is 24.3 Å². The average Bonchev–Trinajstić information content (AvgIpc) is 3.27. The molecule has 12 nitrogen and oxygen atoms in total. The fourth-order valence-electron chi connectivity index (χ4n) is 7.99. The van der Waals surface area contributed by atoms with Crippen LogP contribution in [0.1, 0.15) is 47.1 Å². The zero-order valence-corrected chi connectivity index (χ0v) is 35.5. The summed E-state index contributed by atoms with van der Waals surface area (Å²) in [5.41, 5.74) is 9.28. The van der Waals surface area contributed by atoms with Gasteiger partial charge in [-0.05, 0) is 109 Å². The number of carbonyl (C=O) groups is 3. The van der Waals surface area contributed by atoms with Crippen LogP contribution in [-0.4, -0.2) is 72.2 Å². The highest BCUT2D eigenvalue weighted by atomic mass is 16.6. The highest BCUT2D eigenvalue weighted by molar-refractivity contribution is 5.95. The second-order valence-corrected chi connectivity index (χ2v) is 16.0. The number of amides is 3. The minimum atomic E-state index is -0.469. The molecule has 1 aliphatic rings. The highest BCUT2D eigenvalue weighted by Crippen LogP contribution is 2.29. The molecule has 62 heavy (non-hydrogen) atoms. The van der Waals surface area contributed by atoms with Gasteiger partial charge in [-0.15, -0.1) is 0 Å². The normalized spacial score (nSPS) is 13.1. The molecule has 3 amide bonds. The van der Waals surface area contributed by atoms with Gasteiger partial charge in [-0.3, -0.25) is 19.7 Å². The van der Waals surface area contributed by atoms with E-state index in [4.69, 9.17) is 4.74 Å². The first-order valence-corrected chi connectivity index (χ1v) is 21.1. The summed E-state index contributed by atoms with van der Waals surface area (Å²) in [7, 11) is 1.76. The summed E-state index contributed by atoms with van der Waals surface area (Å²) in [5.74, 6) is -0.113. The van der Waals surface area contributed by atoms with Gasteiger partial charge in [0, 0.05) is 68.0 Å². The number of ether oxygens (including phenoxy) is 1. The summed E-state index contributed by atoms with van der Waals surface area (Å²) >= 11 is 0. The summed E-state index contributed by atoms with van der Waals surface area (Å²) in [5, 5.41) is 20.5. The second-order valence-electron chi connectivity index (χ2n) is 16.0. The average molecular weight is 835 g/mol. The molecule has 5 aromatic carbocycles. The van der Waals surface area contributed by atoms with Gasteiger partial charge in [-0.1, -0.05) is 72.8 Å². The molecule has 1 saturated heterocycles. The van der Waals surface area contributed by atoms with E-state index in [0.29, 0.717) is 56.5 Å². The van der Waals surface area contributed by atoms with Crippen LogP contribution in [-0.2, 0) is 33.7 Å². The molecule has 2 heterocycles. The Morgan fingerprint density at radius 3 is 2.40 bits per heavy atom. The number of hydrogen-bond acceptors (Lipinski definition) is 8. The molecule has 7 rings (SSSR count). The number of rotatable bonds is 15. The van der Waals surface area contributed by atoms with Crippen LogP contribution < -0.4 is 26.4 Å². The van der Waals surface area contributed by atoms with Crippen molar-refractivity contribution < 1.29 is 24.2 Å². The van der Waals surface area contributed by atoms with E-state index < -0.39 is 6.09 Å². The van der Waals surface area contributed by atoms with Gasteiger partial charge in [0.25, 0.3) is 0 Å². The molecule has 0 radical (unpaired) electrons. The van der Waals surface area contributed by atoms with E-state index in [0.717, 1.165) is 68.8 Å². The lowest BCUT2D eigenvalue weighted by Crippen LogP contribution is -2.40. The number of aromatic amines is 1. The van der Waals surface area contributed by atoms with Crippen molar-refractivity contribution in [1.82, 2.24) is 15.2 Å². The third-order valence-electron chi connectivity index (χ3n) is 11.5. The van der Waals surface area contributed by atoms with Crippen molar-refractivity contribution in [3.63, 3.8) is 0 Å². The van der Waals surface area contributed by atoms with Crippen LogP contribution >= 0.6 is 0 Å². The number of pyridine rings is 1. The number of benzene rings is 5. The number of para-hydroxylation sites is 1. The number of carbonyl (C=O) groups excluding carboxylic acids is 3. The maximum Gasteiger partial charge on any atom is 0.411 e. The van der Waals surface area contributed by atoms with E-state index in [-0.39, 0.29) is 35.6 Å². The Balaban J connectivity index is 0.832. The number of nitrogens with one attached hydrogen (secondary N) is 4. The lowest BCUT2D eigenvalue weighted by atomic mass is 10.0. The number of nitrogens with zero attached hydrogens (tertiary/aromatic N) is 2. The van der Waals surface area contributed by atoms with Crippen LogP contribution in [0.15, 0.2) is 120 Å². The Morgan fingerprint density at radius 1 is 0.823 bits per heavy atom. The van der Waals surface area contributed by atoms with Crippen molar-refractivity contribution in [2.24, 2.45) is 0 Å². The number of hydrogen-bond donors (Lipinski definition) is 5. The predicted molar refractivity (Wildman–Crippen MR) is 246 cm³/mol. The molecular formula is C50H54N6O6. The zero-order valence-electron chi connectivity index (χ0n) is 35.5. The number of anilines is 3. The van der Waals surface area contributed by atoms with Crippen LogP contribution in [0, 0.1) is 13.8 Å². The molecule has 1 fully saturated rings. The fourth-order valence-corrected chi connectivity index (χ4v) is 7.99. The van der Waals surface area contributed by atoms with Gasteiger partial charge in [-0.2, -0.15) is 0 Å². The van der Waals surface area contributed by atoms with Crippen LogP contribution in [0.25, 0.3) is 22.0 Å². The van der Waals surface area contributed by atoms with Gasteiger partial charge in [0.1, 0.15) is 11.9 Å². The third-order valence-corrected chi connectivity index (χ3v) is 11.5. The highest BCUT2D eigenvalue weighted by Gasteiger charge is 2.24. The van der Waals surface area contributed by atoms with E-state index in [2.05, 4.69) is 31.9 Å². The zero-order chi connectivity index (χ0) is 43.6. The Kier molecular flexibility index (Phi) is 14.1. The van der Waals surface area contributed by atoms with Gasteiger partial charge in [0.15, 0.2) is 0 Å². The van der Waals surface area contributed by atoms with E-state index in [1.807, 2.05) is 105 Å². The Hall–Kier alpha value is -6.76. The van der Waals surface area contributed by atoms with Gasteiger partial charge in [0.05, 0.1) is 17.6 Å². The quantitative estimate of drug-likeness (QED) is 0.0651. The van der Waals surface area contributed by atoms with Gasteiger partial charge < -0.3 is 35.3 Å². The summed E-state index contributed by atoms with van der Waals surface area (Å²) in [6, 6.07) is 35.9. The van der Waals surface area contributed by atoms with Crippen molar-refractivity contribution in [2.75, 3.05) is 48.8 Å². The first-order valence-electron chi connectivity index (χ1n) is 21.1. The molecule has 0 aliphatic carbocycles. The largest absolute Gasteiger partial charge is 0.506 e. The molecule has 1 aliphatic heterocycles. The van der Waals surface area contributed by atoms with Crippen molar-refractivity contribution in [2.45, 2.75) is 58.6 Å². The van der Waals surface area contributed by atoms with Crippen LogP contribution in [0.2, 0.25) is 0 Å². The molecule has 6 aromatic rings. The van der Waals surface area contributed by atoms with E-state index in [1.54, 1.807) is 24.1 Å². The Bertz CT molecular complexity index is 2600. The maximum atomic E-state index is 13.3. The minimum Gasteiger partial charge on any atom is -0.506 e. The lowest BCUT2D eigenvalue weighted by molar-refractivity contribution is -0.118. The van der Waals surface area contributed by atoms with Gasteiger partial charge in [-0.25, -0.2) is 4.79 Å². The third kappa shape index (κ3) is 11.1. The number of aromatic nitrogens is 1. The Labute approximate surface area is 361 Å². The van der Waals surface area contributed by atoms with Crippen LogP contribution in [0.4, 0.5) is 21.9 Å². The molecule has 5 N–H and O–H groups in total. The predicted octanol–water partition coefficient (Wildman–Crippen LogP) is 8.10. The number of aryl methyl sites for hydroxylation is 2. The molecule has 0 atom stereocenters. The molecule has 0 spiro atoms. The number of H-pyrrole nitrogens is 1. The number of fused-ring (bicyclic) bond motifs is 1. The fraction of sp³-hybridized carbons (Fsp3) is 0.280. The second kappa shape index (κ2) is 20.2. The van der Waals surface area contributed by atoms with Crippen molar-refractivity contribution >= 4 is 45.9 Å². The van der Waals surface area contributed by atoms with Crippen molar-refractivity contribution in [1.29, 1.82) is 0 Å².